The van der Waals surface area contributed by atoms with Gasteiger partial charge in [0.25, 0.3) is 0 Å². The van der Waals surface area contributed by atoms with E-state index in [2.05, 4.69) is 24.3 Å². The standard InChI is InChI=1S/C22H22N6O3S2/c1-30-15-9-7-14(8-10-15)21-24-25-22(28(21)12-16-4-3-11-31-16)32-13-19(29)23-17-5-2-6-18-20(17)27-33-26-18/h2,5-10,16H,3-4,11-13H2,1H3,(H,23,29)/t16-/m0/s1. The van der Waals surface area contributed by atoms with E-state index in [1.807, 2.05) is 47.0 Å². The van der Waals surface area contributed by atoms with Crippen LogP contribution in [0.25, 0.3) is 22.4 Å². The minimum absolute atomic E-state index is 0.112. The van der Waals surface area contributed by atoms with Crippen molar-refractivity contribution < 1.29 is 14.3 Å². The van der Waals surface area contributed by atoms with Gasteiger partial charge in [-0.2, -0.15) is 8.75 Å². The molecule has 1 aliphatic heterocycles. The number of rotatable bonds is 8. The molecule has 1 aliphatic rings. The van der Waals surface area contributed by atoms with Gasteiger partial charge in [-0.25, -0.2) is 0 Å². The average molecular weight is 483 g/mol. The molecule has 1 atom stereocenters. The molecular weight excluding hydrogens is 460 g/mol. The van der Waals surface area contributed by atoms with Crippen molar-refractivity contribution in [1.29, 1.82) is 0 Å². The van der Waals surface area contributed by atoms with Crippen molar-refractivity contribution >= 4 is 46.1 Å². The van der Waals surface area contributed by atoms with Crippen LogP contribution in [0, 0.1) is 0 Å². The Bertz CT molecular complexity index is 1250. The van der Waals surface area contributed by atoms with Crippen LogP contribution < -0.4 is 10.1 Å². The van der Waals surface area contributed by atoms with Crippen LogP contribution in [0.5, 0.6) is 5.75 Å². The highest BCUT2D eigenvalue weighted by molar-refractivity contribution is 7.99. The Kier molecular flexibility index (Phi) is 6.51. The topological polar surface area (TPSA) is 104 Å². The molecule has 4 aromatic rings. The second kappa shape index (κ2) is 9.86. The maximum absolute atomic E-state index is 12.7. The molecule has 0 spiro atoms. The zero-order valence-electron chi connectivity index (χ0n) is 17.9. The van der Waals surface area contributed by atoms with E-state index in [4.69, 9.17) is 9.47 Å². The molecule has 2 aromatic heterocycles. The summed E-state index contributed by atoms with van der Waals surface area (Å²) >= 11 is 2.48. The van der Waals surface area contributed by atoms with Gasteiger partial charge >= 0.3 is 0 Å². The number of amides is 1. The molecule has 2 aromatic carbocycles. The molecule has 0 bridgehead atoms. The van der Waals surface area contributed by atoms with Crippen molar-refractivity contribution in [1.82, 2.24) is 23.5 Å². The number of ether oxygens (including phenoxy) is 2. The molecular formula is C22H22N6O3S2. The van der Waals surface area contributed by atoms with Crippen LogP contribution in [-0.4, -0.2) is 55.0 Å². The molecule has 1 fully saturated rings. The Labute approximate surface area is 198 Å². The highest BCUT2D eigenvalue weighted by Crippen LogP contribution is 2.28. The smallest absolute Gasteiger partial charge is 0.234 e. The predicted molar refractivity (Wildman–Crippen MR) is 128 cm³/mol. The Balaban J connectivity index is 1.33. The summed E-state index contributed by atoms with van der Waals surface area (Å²) in [6.07, 6.45) is 2.16. The Morgan fingerprint density at radius 1 is 1.24 bits per heavy atom. The lowest BCUT2D eigenvalue weighted by Gasteiger charge is -2.15. The maximum atomic E-state index is 12.7. The van der Waals surface area contributed by atoms with Crippen molar-refractivity contribution in [2.24, 2.45) is 0 Å². The van der Waals surface area contributed by atoms with Gasteiger partial charge in [0.15, 0.2) is 11.0 Å². The second-order valence-corrected chi connectivity index (χ2v) is 9.03. The third-order valence-electron chi connectivity index (χ3n) is 5.37. The SMILES string of the molecule is COc1ccc(-c2nnc(SCC(=O)Nc3cccc4nsnc34)n2C[C@@H]2CCCO2)cc1. The quantitative estimate of drug-likeness (QED) is 0.378. The molecule has 0 aliphatic carbocycles. The van der Waals surface area contributed by atoms with E-state index in [-0.39, 0.29) is 17.8 Å². The molecule has 5 rings (SSSR count). The van der Waals surface area contributed by atoms with E-state index in [1.165, 1.54) is 11.8 Å². The lowest BCUT2D eigenvalue weighted by molar-refractivity contribution is -0.113. The largest absolute Gasteiger partial charge is 0.497 e. The monoisotopic (exact) mass is 482 g/mol. The van der Waals surface area contributed by atoms with Crippen LogP contribution >= 0.6 is 23.5 Å². The number of hydrogen-bond acceptors (Lipinski definition) is 9. The normalized spacial score (nSPS) is 15.7. The summed E-state index contributed by atoms with van der Waals surface area (Å²) in [7, 11) is 1.64. The molecule has 3 heterocycles. The first-order chi connectivity index (χ1) is 16.2. The number of carbonyl (C=O) groups is 1. The summed E-state index contributed by atoms with van der Waals surface area (Å²) in [5.74, 6) is 1.58. The number of carbonyl (C=O) groups excluding carboxylic acids is 1. The van der Waals surface area contributed by atoms with Gasteiger partial charge in [0.2, 0.25) is 5.91 Å². The summed E-state index contributed by atoms with van der Waals surface area (Å²) in [5.41, 5.74) is 3.06. The van der Waals surface area contributed by atoms with Crippen LogP contribution in [0.1, 0.15) is 12.8 Å². The van der Waals surface area contributed by atoms with Gasteiger partial charge in [-0.3, -0.25) is 9.36 Å². The molecule has 0 unspecified atom stereocenters. The Morgan fingerprint density at radius 2 is 2.12 bits per heavy atom. The average Bonchev–Trinajstić information content (AvgIpc) is 3.60. The highest BCUT2D eigenvalue weighted by atomic mass is 32.2. The summed E-state index contributed by atoms with van der Waals surface area (Å²) in [6, 6.07) is 13.3. The molecule has 0 saturated carbocycles. The van der Waals surface area contributed by atoms with Crippen LogP contribution in [0.15, 0.2) is 47.6 Å². The molecule has 0 radical (unpaired) electrons. The molecule has 1 N–H and O–H groups in total. The van der Waals surface area contributed by atoms with E-state index in [0.29, 0.717) is 22.9 Å². The van der Waals surface area contributed by atoms with E-state index in [0.717, 1.165) is 53.8 Å². The van der Waals surface area contributed by atoms with E-state index < -0.39 is 0 Å². The first kappa shape index (κ1) is 21.8. The molecule has 11 heteroatoms. The van der Waals surface area contributed by atoms with Crippen molar-refractivity contribution in [2.45, 2.75) is 30.6 Å². The van der Waals surface area contributed by atoms with Gasteiger partial charge < -0.3 is 14.8 Å². The maximum Gasteiger partial charge on any atom is 0.234 e. The zero-order chi connectivity index (χ0) is 22.6. The number of aromatic nitrogens is 5. The minimum Gasteiger partial charge on any atom is -0.497 e. The number of nitrogens with one attached hydrogen (secondary N) is 1. The number of hydrogen-bond donors (Lipinski definition) is 1. The number of anilines is 1. The minimum atomic E-state index is -0.141. The molecule has 9 nitrogen and oxygen atoms in total. The summed E-state index contributed by atoms with van der Waals surface area (Å²) < 4.78 is 21.6. The van der Waals surface area contributed by atoms with Crippen LogP contribution in [0.4, 0.5) is 5.69 Å². The van der Waals surface area contributed by atoms with Crippen LogP contribution in [0.2, 0.25) is 0 Å². The van der Waals surface area contributed by atoms with Crippen LogP contribution in [0.3, 0.4) is 0 Å². The highest BCUT2D eigenvalue weighted by Gasteiger charge is 2.22. The number of fused-ring (bicyclic) bond motifs is 1. The lowest BCUT2D eigenvalue weighted by atomic mass is 10.2. The van der Waals surface area contributed by atoms with Crippen molar-refractivity contribution in [3.63, 3.8) is 0 Å². The number of benzene rings is 2. The number of nitrogens with zero attached hydrogens (tertiary/aromatic N) is 5. The molecule has 1 amide bonds. The summed E-state index contributed by atoms with van der Waals surface area (Å²) in [6.45, 7) is 1.41. The Morgan fingerprint density at radius 3 is 2.91 bits per heavy atom. The number of methoxy groups -OCH3 is 1. The van der Waals surface area contributed by atoms with Gasteiger partial charge in [-0.15, -0.1) is 10.2 Å². The first-order valence-electron chi connectivity index (χ1n) is 10.5. The third kappa shape index (κ3) is 4.85. The fourth-order valence-electron chi connectivity index (χ4n) is 3.73. The number of thioether (sulfide) groups is 1. The van der Waals surface area contributed by atoms with Crippen molar-refractivity contribution in [3.8, 4) is 17.1 Å². The zero-order valence-corrected chi connectivity index (χ0v) is 19.6. The van der Waals surface area contributed by atoms with Gasteiger partial charge in [0.1, 0.15) is 16.8 Å². The van der Waals surface area contributed by atoms with Crippen LogP contribution in [-0.2, 0) is 16.1 Å². The fraction of sp³-hybridized carbons (Fsp3) is 0.318. The summed E-state index contributed by atoms with van der Waals surface area (Å²) in [4.78, 5) is 12.7. The fourth-order valence-corrected chi connectivity index (χ4v) is 5.03. The van der Waals surface area contributed by atoms with E-state index in [1.54, 1.807) is 7.11 Å². The van der Waals surface area contributed by atoms with Crippen molar-refractivity contribution in [3.05, 3.63) is 42.5 Å². The van der Waals surface area contributed by atoms with Crippen molar-refractivity contribution in [2.75, 3.05) is 24.8 Å². The predicted octanol–water partition coefficient (Wildman–Crippen LogP) is 3.87. The van der Waals surface area contributed by atoms with Gasteiger partial charge in [-0.05, 0) is 49.2 Å². The molecule has 33 heavy (non-hydrogen) atoms. The van der Waals surface area contributed by atoms with E-state index in [9.17, 15) is 4.79 Å². The van der Waals surface area contributed by atoms with Gasteiger partial charge in [0.05, 0.1) is 42.9 Å². The third-order valence-corrected chi connectivity index (χ3v) is 6.88. The van der Waals surface area contributed by atoms with Gasteiger partial charge in [-0.1, -0.05) is 17.8 Å². The molecule has 1 saturated heterocycles. The summed E-state index contributed by atoms with van der Waals surface area (Å²) in [5, 5.41) is 12.4. The molecule has 170 valence electrons. The second-order valence-electron chi connectivity index (χ2n) is 7.55. The first-order valence-corrected chi connectivity index (χ1v) is 12.3. The Hall–Kier alpha value is -3.02. The lowest BCUT2D eigenvalue weighted by Crippen LogP contribution is -2.18. The van der Waals surface area contributed by atoms with Gasteiger partial charge in [0, 0.05) is 12.2 Å². The van der Waals surface area contributed by atoms with E-state index >= 15 is 0 Å².